The summed E-state index contributed by atoms with van der Waals surface area (Å²) < 4.78 is 7.38. The van der Waals surface area contributed by atoms with Crippen molar-refractivity contribution in [3.63, 3.8) is 0 Å². The zero-order valence-corrected chi connectivity index (χ0v) is 21.0. The number of ether oxygens (including phenoxy) is 1. The van der Waals surface area contributed by atoms with Gasteiger partial charge >= 0.3 is 5.97 Å². The predicted molar refractivity (Wildman–Crippen MR) is 142 cm³/mol. The van der Waals surface area contributed by atoms with Gasteiger partial charge in [0, 0.05) is 38.6 Å². The molecule has 2 heterocycles. The van der Waals surface area contributed by atoms with E-state index in [9.17, 15) is 9.90 Å². The Morgan fingerprint density at radius 2 is 1.78 bits per heavy atom. The van der Waals surface area contributed by atoms with Crippen LogP contribution in [0.1, 0.15) is 28.5 Å². The molecule has 0 saturated heterocycles. The van der Waals surface area contributed by atoms with Crippen LogP contribution in [0.3, 0.4) is 0 Å². The highest BCUT2D eigenvalue weighted by atomic mass is 35.5. The van der Waals surface area contributed by atoms with Crippen molar-refractivity contribution in [2.45, 2.75) is 20.1 Å². The molecule has 36 heavy (non-hydrogen) atoms. The van der Waals surface area contributed by atoms with E-state index in [-0.39, 0.29) is 13.2 Å². The molecule has 3 aromatic carbocycles. The van der Waals surface area contributed by atoms with Crippen molar-refractivity contribution in [3.8, 4) is 22.5 Å². The van der Waals surface area contributed by atoms with Gasteiger partial charge in [-0.2, -0.15) is 0 Å². The third kappa shape index (κ3) is 4.51. The molecule has 0 amide bonds. The number of aliphatic hydroxyl groups is 1. The van der Waals surface area contributed by atoms with Crippen LogP contribution in [0.4, 0.5) is 0 Å². The average Bonchev–Trinajstić information content (AvgIpc) is 3.46. The zero-order valence-electron chi connectivity index (χ0n) is 19.5. The van der Waals surface area contributed by atoms with Crippen molar-refractivity contribution in [1.82, 2.24) is 14.5 Å². The summed E-state index contributed by atoms with van der Waals surface area (Å²) in [6.07, 6.45) is 1.75. The first kappa shape index (κ1) is 24.1. The third-order valence-electron chi connectivity index (χ3n) is 6.04. The van der Waals surface area contributed by atoms with Crippen LogP contribution in [0.15, 0.2) is 73.1 Å². The van der Waals surface area contributed by atoms with Crippen LogP contribution in [-0.4, -0.2) is 32.2 Å². The fraction of sp³-hybridized carbons (Fsp3) is 0.143. The number of aromatic nitrogens is 3. The van der Waals surface area contributed by atoms with Crippen LogP contribution in [0.25, 0.3) is 33.4 Å². The van der Waals surface area contributed by atoms with Crippen molar-refractivity contribution < 1.29 is 14.6 Å². The molecule has 0 aliphatic carbocycles. The summed E-state index contributed by atoms with van der Waals surface area (Å²) in [5, 5.41) is 11.9. The van der Waals surface area contributed by atoms with Gasteiger partial charge in [0.2, 0.25) is 0 Å². The van der Waals surface area contributed by atoms with Crippen LogP contribution < -0.4 is 0 Å². The molecule has 8 heteroatoms. The predicted octanol–water partition coefficient (Wildman–Crippen LogP) is 6.72. The fourth-order valence-electron chi connectivity index (χ4n) is 4.42. The molecule has 0 atom stereocenters. The Labute approximate surface area is 218 Å². The maximum absolute atomic E-state index is 13.1. The second-order valence-electron chi connectivity index (χ2n) is 8.29. The molecule has 0 bridgehead atoms. The lowest BCUT2D eigenvalue weighted by molar-refractivity contribution is 0.0521. The Balaban J connectivity index is 1.79. The summed E-state index contributed by atoms with van der Waals surface area (Å²) in [5.74, 6) is -0.464. The first-order valence-electron chi connectivity index (χ1n) is 11.5. The molecule has 0 fully saturated rings. The topological polar surface area (TPSA) is 80.1 Å². The molecule has 0 aliphatic heterocycles. The smallest absolute Gasteiger partial charge is 0.355 e. The molecule has 0 spiro atoms. The van der Waals surface area contributed by atoms with Crippen molar-refractivity contribution in [2.24, 2.45) is 0 Å². The van der Waals surface area contributed by atoms with Gasteiger partial charge in [-0.05, 0) is 42.3 Å². The van der Waals surface area contributed by atoms with E-state index in [1.54, 1.807) is 37.5 Å². The Kier molecular flexibility index (Phi) is 6.83. The second kappa shape index (κ2) is 10.2. The van der Waals surface area contributed by atoms with Gasteiger partial charge in [0.25, 0.3) is 0 Å². The summed E-state index contributed by atoms with van der Waals surface area (Å²) in [5.41, 5.74) is 5.70. The number of aliphatic hydroxyl groups excluding tert-OH is 1. The molecule has 0 aliphatic rings. The fourth-order valence-corrected chi connectivity index (χ4v) is 4.79. The number of fused-ring (bicyclic) bond motifs is 1. The number of carbonyl (C=O) groups excluding carboxylic acids is 1. The maximum atomic E-state index is 13.1. The van der Waals surface area contributed by atoms with Crippen LogP contribution in [0.2, 0.25) is 10.0 Å². The van der Waals surface area contributed by atoms with E-state index in [0.717, 1.165) is 39.0 Å². The second-order valence-corrected chi connectivity index (χ2v) is 9.17. The molecule has 6 nitrogen and oxygen atoms in total. The largest absolute Gasteiger partial charge is 0.461 e. The van der Waals surface area contributed by atoms with Gasteiger partial charge in [-0.15, -0.1) is 0 Å². The van der Waals surface area contributed by atoms with E-state index in [2.05, 4.69) is 4.98 Å². The number of H-pyrrole nitrogens is 1. The van der Waals surface area contributed by atoms with Crippen LogP contribution in [0.5, 0.6) is 0 Å². The first-order chi connectivity index (χ1) is 17.5. The molecule has 0 saturated carbocycles. The number of nitrogens with zero attached hydrogens (tertiary/aromatic N) is 2. The molecule has 2 N–H and O–H groups in total. The van der Waals surface area contributed by atoms with Gasteiger partial charge in [-0.1, -0.05) is 65.7 Å². The SMILES string of the molecule is CCOC(=O)c1[nH]c2cc(Cl)ccc2c1-c1c(-c2ccccc2)ncn1Cc1ccc(Cl)cc1CO. The number of esters is 1. The Bertz CT molecular complexity index is 1560. The van der Waals surface area contributed by atoms with Gasteiger partial charge < -0.3 is 19.4 Å². The summed E-state index contributed by atoms with van der Waals surface area (Å²) in [6.45, 7) is 2.27. The quantitative estimate of drug-likeness (QED) is 0.234. The number of hydrogen-bond donors (Lipinski definition) is 2. The maximum Gasteiger partial charge on any atom is 0.355 e. The molecule has 182 valence electrons. The van der Waals surface area contributed by atoms with E-state index in [1.807, 2.05) is 47.0 Å². The van der Waals surface area contributed by atoms with Gasteiger partial charge in [0.1, 0.15) is 5.69 Å². The number of rotatable bonds is 7. The highest BCUT2D eigenvalue weighted by Crippen LogP contribution is 2.40. The van der Waals surface area contributed by atoms with Crippen LogP contribution in [0, 0.1) is 0 Å². The molecule has 0 unspecified atom stereocenters. The molecular weight excluding hydrogens is 497 g/mol. The third-order valence-corrected chi connectivity index (χ3v) is 6.51. The van der Waals surface area contributed by atoms with Crippen molar-refractivity contribution in [3.05, 3.63) is 99.9 Å². The van der Waals surface area contributed by atoms with Gasteiger partial charge in [0.15, 0.2) is 0 Å². The Morgan fingerprint density at radius 1 is 1.03 bits per heavy atom. The summed E-state index contributed by atoms with van der Waals surface area (Å²) >= 11 is 12.4. The first-order valence-corrected chi connectivity index (χ1v) is 12.2. The van der Waals surface area contributed by atoms with Crippen LogP contribution >= 0.6 is 23.2 Å². The number of carbonyl (C=O) groups is 1. The van der Waals surface area contributed by atoms with E-state index in [4.69, 9.17) is 32.9 Å². The van der Waals surface area contributed by atoms with E-state index in [1.165, 1.54) is 0 Å². The van der Waals surface area contributed by atoms with Gasteiger partial charge in [-0.3, -0.25) is 0 Å². The molecule has 0 radical (unpaired) electrons. The van der Waals surface area contributed by atoms with Crippen molar-refractivity contribution in [1.29, 1.82) is 0 Å². The molecule has 5 rings (SSSR count). The van der Waals surface area contributed by atoms with E-state index >= 15 is 0 Å². The van der Waals surface area contributed by atoms with Gasteiger partial charge in [-0.25, -0.2) is 9.78 Å². The molecule has 2 aromatic heterocycles. The van der Waals surface area contributed by atoms with E-state index in [0.29, 0.717) is 27.8 Å². The highest BCUT2D eigenvalue weighted by molar-refractivity contribution is 6.31. The number of halogens is 2. The number of nitrogens with one attached hydrogen (secondary N) is 1. The number of hydrogen-bond acceptors (Lipinski definition) is 4. The Hall–Kier alpha value is -3.58. The number of benzene rings is 3. The Morgan fingerprint density at radius 3 is 2.53 bits per heavy atom. The summed E-state index contributed by atoms with van der Waals surface area (Å²) in [7, 11) is 0. The number of imidazole rings is 1. The summed E-state index contributed by atoms with van der Waals surface area (Å²) in [6, 6.07) is 20.7. The summed E-state index contributed by atoms with van der Waals surface area (Å²) in [4.78, 5) is 21.1. The molecule has 5 aromatic rings. The minimum Gasteiger partial charge on any atom is -0.461 e. The number of aromatic amines is 1. The zero-order chi connectivity index (χ0) is 25.2. The normalized spacial score (nSPS) is 11.2. The average molecular weight is 520 g/mol. The van der Waals surface area contributed by atoms with Crippen molar-refractivity contribution in [2.75, 3.05) is 6.61 Å². The highest BCUT2D eigenvalue weighted by Gasteiger charge is 2.26. The molecular formula is C28H23Cl2N3O3. The lowest BCUT2D eigenvalue weighted by Gasteiger charge is -2.14. The standard InChI is InChI=1S/C28H23Cl2N3O3/c1-2-36-28(35)26-24(22-11-10-21(30)13-23(22)32-26)27-25(17-6-4-3-5-7-17)31-16-33(27)14-18-8-9-20(29)12-19(18)15-34/h3-13,16,32,34H,2,14-15H2,1H3. The van der Waals surface area contributed by atoms with Gasteiger partial charge in [0.05, 0.1) is 30.9 Å². The minimum absolute atomic E-state index is 0.148. The monoisotopic (exact) mass is 519 g/mol. The lowest BCUT2D eigenvalue weighted by atomic mass is 10.0. The lowest BCUT2D eigenvalue weighted by Crippen LogP contribution is -2.09. The van der Waals surface area contributed by atoms with Crippen LogP contribution in [-0.2, 0) is 17.9 Å². The van der Waals surface area contributed by atoms with Crippen molar-refractivity contribution >= 4 is 40.1 Å². The van der Waals surface area contributed by atoms with E-state index < -0.39 is 5.97 Å². The minimum atomic E-state index is -0.464.